The Morgan fingerprint density at radius 3 is 2.33 bits per heavy atom. The Balaban J connectivity index is 2.24. The molecule has 1 unspecified atom stereocenters. The molecule has 1 fully saturated rings. The van der Waals surface area contributed by atoms with E-state index in [-0.39, 0.29) is 11.9 Å². The molecule has 0 radical (unpaired) electrons. The molecule has 0 aliphatic carbocycles. The van der Waals surface area contributed by atoms with Crippen LogP contribution in [0, 0.1) is 5.92 Å². The van der Waals surface area contributed by atoms with Crippen LogP contribution >= 0.6 is 0 Å². The molecule has 1 amide bonds. The second kappa shape index (κ2) is 7.74. The van der Waals surface area contributed by atoms with E-state index < -0.39 is 0 Å². The number of carbonyl (C=O) groups is 1. The number of carbonyl (C=O) groups excluding carboxylic acids is 1. The molecule has 1 heterocycles. The highest BCUT2D eigenvalue weighted by Gasteiger charge is 2.21. The number of nitrogens with zero attached hydrogens (tertiary/aromatic N) is 2. The van der Waals surface area contributed by atoms with Crippen molar-refractivity contribution >= 4 is 5.91 Å². The van der Waals surface area contributed by atoms with Crippen LogP contribution in [-0.2, 0) is 4.79 Å². The third-order valence-electron chi connectivity index (χ3n) is 3.71. The van der Waals surface area contributed by atoms with E-state index in [0.29, 0.717) is 6.42 Å². The summed E-state index contributed by atoms with van der Waals surface area (Å²) in [4.78, 5) is 16.4. The van der Waals surface area contributed by atoms with Crippen molar-refractivity contribution in [2.45, 2.75) is 46.1 Å². The molecule has 0 aromatic carbocycles. The van der Waals surface area contributed by atoms with E-state index in [0.717, 1.165) is 45.1 Å². The van der Waals surface area contributed by atoms with Gasteiger partial charge in [0.2, 0.25) is 5.91 Å². The van der Waals surface area contributed by atoms with Crippen molar-refractivity contribution in [2.24, 2.45) is 11.7 Å². The highest BCUT2D eigenvalue weighted by molar-refractivity contribution is 5.76. The maximum Gasteiger partial charge on any atom is 0.224 e. The normalized spacial score (nSPS) is 19.3. The smallest absolute Gasteiger partial charge is 0.224 e. The van der Waals surface area contributed by atoms with Gasteiger partial charge in [-0.3, -0.25) is 9.69 Å². The van der Waals surface area contributed by atoms with Crippen LogP contribution in [0.1, 0.15) is 40.0 Å². The second-order valence-corrected chi connectivity index (χ2v) is 5.78. The van der Waals surface area contributed by atoms with Gasteiger partial charge in [-0.1, -0.05) is 20.8 Å². The van der Waals surface area contributed by atoms with Crippen molar-refractivity contribution in [1.82, 2.24) is 9.80 Å². The molecular weight excluding hydrogens is 226 g/mol. The molecule has 2 N–H and O–H groups in total. The first-order valence-corrected chi connectivity index (χ1v) is 7.28. The summed E-state index contributed by atoms with van der Waals surface area (Å²) in [6.45, 7) is 11.5. The Kier molecular flexibility index (Phi) is 6.65. The lowest BCUT2D eigenvalue weighted by molar-refractivity contribution is -0.133. The number of hydrogen-bond donors (Lipinski definition) is 1. The summed E-state index contributed by atoms with van der Waals surface area (Å²) in [7, 11) is 0. The topological polar surface area (TPSA) is 49.6 Å². The Morgan fingerprint density at radius 2 is 1.83 bits per heavy atom. The molecular formula is C14H29N3O. The van der Waals surface area contributed by atoms with Gasteiger partial charge in [0.25, 0.3) is 0 Å². The Bertz CT molecular complexity index is 247. The van der Waals surface area contributed by atoms with E-state index in [1.807, 2.05) is 11.8 Å². The molecule has 1 saturated heterocycles. The van der Waals surface area contributed by atoms with Crippen LogP contribution in [0.3, 0.4) is 0 Å². The average Bonchev–Trinajstić information content (AvgIpc) is 2.36. The molecule has 4 nitrogen and oxygen atoms in total. The Hall–Kier alpha value is -0.610. The zero-order chi connectivity index (χ0) is 13.5. The predicted octanol–water partition coefficient (Wildman–Crippen LogP) is 1.30. The monoisotopic (exact) mass is 255 g/mol. The van der Waals surface area contributed by atoms with Gasteiger partial charge in [0.15, 0.2) is 0 Å². The Labute approximate surface area is 111 Å². The van der Waals surface area contributed by atoms with Crippen molar-refractivity contribution in [2.75, 3.05) is 32.7 Å². The van der Waals surface area contributed by atoms with Crippen molar-refractivity contribution in [1.29, 1.82) is 0 Å². The quantitative estimate of drug-likeness (QED) is 0.778. The first kappa shape index (κ1) is 15.4. The number of piperazine rings is 1. The van der Waals surface area contributed by atoms with E-state index in [9.17, 15) is 4.79 Å². The number of rotatable bonds is 6. The van der Waals surface area contributed by atoms with Crippen LogP contribution in [0.15, 0.2) is 0 Å². The van der Waals surface area contributed by atoms with Gasteiger partial charge in [-0.15, -0.1) is 0 Å². The molecule has 0 saturated carbocycles. The summed E-state index contributed by atoms with van der Waals surface area (Å²) < 4.78 is 0. The fourth-order valence-corrected chi connectivity index (χ4v) is 2.16. The van der Waals surface area contributed by atoms with Gasteiger partial charge >= 0.3 is 0 Å². The highest BCUT2D eigenvalue weighted by atomic mass is 16.2. The molecule has 4 heteroatoms. The highest BCUT2D eigenvalue weighted by Crippen LogP contribution is 2.08. The van der Waals surface area contributed by atoms with Gasteiger partial charge in [-0.05, 0) is 25.3 Å². The van der Waals surface area contributed by atoms with Crippen molar-refractivity contribution in [3.8, 4) is 0 Å². The minimum absolute atomic E-state index is 0.0245. The van der Waals surface area contributed by atoms with E-state index in [2.05, 4.69) is 18.7 Å². The number of amides is 1. The van der Waals surface area contributed by atoms with Crippen molar-refractivity contribution < 1.29 is 4.79 Å². The van der Waals surface area contributed by atoms with Crippen LogP contribution < -0.4 is 5.73 Å². The van der Waals surface area contributed by atoms with Crippen LogP contribution in [0.2, 0.25) is 0 Å². The van der Waals surface area contributed by atoms with Gasteiger partial charge in [-0.2, -0.15) is 0 Å². The number of nitrogens with two attached hydrogens (primary N) is 1. The average molecular weight is 255 g/mol. The van der Waals surface area contributed by atoms with E-state index in [4.69, 9.17) is 5.73 Å². The van der Waals surface area contributed by atoms with Crippen molar-refractivity contribution in [3.63, 3.8) is 0 Å². The third-order valence-corrected chi connectivity index (χ3v) is 3.71. The van der Waals surface area contributed by atoms with E-state index in [1.165, 1.54) is 6.42 Å². The first-order chi connectivity index (χ1) is 8.52. The van der Waals surface area contributed by atoms with Gasteiger partial charge in [0.05, 0.1) is 0 Å². The standard InChI is InChI=1S/C14H29N3O/c1-4-13(15)11-14(18)17-9-7-16(8-10-17)6-5-12(2)3/h12-13H,4-11,15H2,1-3H3. The second-order valence-electron chi connectivity index (χ2n) is 5.78. The van der Waals surface area contributed by atoms with Crippen molar-refractivity contribution in [3.05, 3.63) is 0 Å². The minimum Gasteiger partial charge on any atom is -0.340 e. The SMILES string of the molecule is CCC(N)CC(=O)N1CCN(CCC(C)C)CC1. The van der Waals surface area contributed by atoms with Gasteiger partial charge in [-0.25, -0.2) is 0 Å². The molecule has 18 heavy (non-hydrogen) atoms. The molecule has 1 rings (SSSR count). The van der Waals surface area contributed by atoms with Crippen LogP contribution in [-0.4, -0.2) is 54.5 Å². The first-order valence-electron chi connectivity index (χ1n) is 7.28. The zero-order valence-corrected chi connectivity index (χ0v) is 12.2. The van der Waals surface area contributed by atoms with Crippen LogP contribution in [0.4, 0.5) is 0 Å². The lowest BCUT2D eigenvalue weighted by Crippen LogP contribution is -2.49. The molecule has 0 spiro atoms. The van der Waals surface area contributed by atoms with Gasteiger partial charge in [0, 0.05) is 38.6 Å². The lowest BCUT2D eigenvalue weighted by Gasteiger charge is -2.35. The summed E-state index contributed by atoms with van der Waals surface area (Å²) in [6.07, 6.45) is 2.62. The number of hydrogen-bond acceptors (Lipinski definition) is 3. The fourth-order valence-electron chi connectivity index (χ4n) is 2.16. The summed E-state index contributed by atoms with van der Waals surface area (Å²) in [6, 6.07) is 0.0245. The molecule has 0 aromatic heterocycles. The lowest BCUT2D eigenvalue weighted by atomic mass is 10.1. The summed E-state index contributed by atoms with van der Waals surface area (Å²) in [5.74, 6) is 0.986. The summed E-state index contributed by atoms with van der Waals surface area (Å²) in [5.41, 5.74) is 5.83. The molecule has 0 bridgehead atoms. The van der Waals surface area contributed by atoms with E-state index in [1.54, 1.807) is 0 Å². The molecule has 0 aromatic rings. The third kappa shape index (κ3) is 5.36. The maximum absolute atomic E-state index is 12.0. The zero-order valence-electron chi connectivity index (χ0n) is 12.2. The fraction of sp³-hybridized carbons (Fsp3) is 0.929. The molecule has 1 aliphatic rings. The van der Waals surface area contributed by atoms with Crippen LogP contribution in [0.5, 0.6) is 0 Å². The predicted molar refractivity (Wildman–Crippen MR) is 75.4 cm³/mol. The van der Waals surface area contributed by atoms with E-state index >= 15 is 0 Å². The summed E-state index contributed by atoms with van der Waals surface area (Å²) >= 11 is 0. The van der Waals surface area contributed by atoms with Crippen LogP contribution in [0.25, 0.3) is 0 Å². The minimum atomic E-state index is 0.0245. The molecule has 106 valence electrons. The Morgan fingerprint density at radius 1 is 1.22 bits per heavy atom. The molecule has 1 aliphatic heterocycles. The molecule has 1 atom stereocenters. The summed E-state index contributed by atoms with van der Waals surface area (Å²) in [5, 5.41) is 0. The maximum atomic E-state index is 12.0. The van der Waals surface area contributed by atoms with Gasteiger partial charge < -0.3 is 10.6 Å². The largest absolute Gasteiger partial charge is 0.340 e. The van der Waals surface area contributed by atoms with Gasteiger partial charge in [0.1, 0.15) is 0 Å².